The van der Waals surface area contributed by atoms with Gasteiger partial charge in [0.25, 0.3) is 0 Å². The predicted molar refractivity (Wildman–Crippen MR) is 92.4 cm³/mol. The van der Waals surface area contributed by atoms with Gasteiger partial charge >= 0.3 is 0 Å². The average Bonchev–Trinajstić information content (AvgIpc) is 3.05. The van der Waals surface area contributed by atoms with Crippen molar-refractivity contribution in [3.8, 4) is 0 Å². The van der Waals surface area contributed by atoms with Gasteiger partial charge in [-0.1, -0.05) is 25.7 Å². The standard InChI is InChI=1S/C19H34N2O2/c1-23-15-19(11-6-12-19)18(22)20-13-10-17-9-4-5-14-21(17)16-7-2-3-8-16/h16-17H,2-15H2,1H3,(H,20,22). The van der Waals surface area contributed by atoms with Crippen molar-refractivity contribution in [3.63, 3.8) is 0 Å². The molecule has 23 heavy (non-hydrogen) atoms. The maximum Gasteiger partial charge on any atom is 0.228 e. The third-order valence-corrected chi connectivity index (χ3v) is 6.44. The molecule has 1 N–H and O–H groups in total. The highest BCUT2D eigenvalue weighted by atomic mass is 16.5. The summed E-state index contributed by atoms with van der Waals surface area (Å²) in [7, 11) is 1.70. The summed E-state index contributed by atoms with van der Waals surface area (Å²) in [6.45, 7) is 2.69. The van der Waals surface area contributed by atoms with Gasteiger partial charge in [-0.15, -0.1) is 0 Å². The van der Waals surface area contributed by atoms with E-state index < -0.39 is 0 Å². The van der Waals surface area contributed by atoms with Crippen molar-refractivity contribution in [2.24, 2.45) is 5.41 Å². The zero-order valence-electron chi connectivity index (χ0n) is 14.8. The summed E-state index contributed by atoms with van der Waals surface area (Å²) in [6.07, 6.45) is 13.9. The SMILES string of the molecule is COCC1(C(=O)NCCC2CCCCN2C2CCCC2)CCC1. The maximum absolute atomic E-state index is 12.5. The number of methoxy groups -OCH3 is 1. The normalized spacial score (nSPS) is 28.5. The lowest BCUT2D eigenvalue weighted by atomic mass is 9.68. The van der Waals surface area contributed by atoms with Gasteiger partial charge in [0.1, 0.15) is 0 Å². The Morgan fingerprint density at radius 2 is 1.87 bits per heavy atom. The van der Waals surface area contributed by atoms with E-state index in [-0.39, 0.29) is 11.3 Å². The third-order valence-electron chi connectivity index (χ3n) is 6.44. The molecule has 0 radical (unpaired) electrons. The number of rotatable bonds is 7. The van der Waals surface area contributed by atoms with Crippen LogP contribution in [0.2, 0.25) is 0 Å². The van der Waals surface area contributed by atoms with Crippen molar-refractivity contribution in [2.75, 3.05) is 26.8 Å². The molecule has 2 aliphatic carbocycles. The van der Waals surface area contributed by atoms with E-state index >= 15 is 0 Å². The van der Waals surface area contributed by atoms with E-state index in [9.17, 15) is 4.79 Å². The molecule has 1 unspecified atom stereocenters. The summed E-state index contributed by atoms with van der Waals surface area (Å²) >= 11 is 0. The van der Waals surface area contributed by atoms with Gasteiger partial charge in [0.2, 0.25) is 5.91 Å². The minimum Gasteiger partial charge on any atom is -0.384 e. The summed E-state index contributed by atoms with van der Waals surface area (Å²) in [6, 6.07) is 1.51. The first-order valence-electron chi connectivity index (χ1n) is 9.78. The van der Waals surface area contributed by atoms with Crippen molar-refractivity contribution in [3.05, 3.63) is 0 Å². The molecule has 132 valence electrons. The highest BCUT2D eigenvalue weighted by Gasteiger charge is 2.44. The molecule has 3 aliphatic rings. The molecule has 0 bridgehead atoms. The van der Waals surface area contributed by atoms with Crippen molar-refractivity contribution in [1.29, 1.82) is 0 Å². The molecule has 1 aliphatic heterocycles. The van der Waals surface area contributed by atoms with Gasteiger partial charge < -0.3 is 10.1 Å². The lowest BCUT2D eigenvalue weighted by molar-refractivity contribution is -0.140. The van der Waals surface area contributed by atoms with E-state index in [1.54, 1.807) is 7.11 Å². The first-order chi connectivity index (χ1) is 11.2. The van der Waals surface area contributed by atoms with Crippen molar-refractivity contribution < 1.29 is 9.53 Å². The number of amides is 1. The van der Waals surface area contributed by atoms with Crippen LogP contribution in [0, 0.1) is 5.41 Å². The molecule has 0 aromatic carbocycles. The number of carbonyl (C=O) groups excluding carboxylic acids is 1. The van der Waals surface area contributed by atoms with Crippen LogP contribution in [-0.2, 0) is 9.53 Å². The minimum atomic E-state index is -0.216. The van der Waals surface area contributed by atoms with Crippen molar-refractivity contribution >= 4 is 5.91 Å². The maximum atomic E-state index is 12.5. The summed E-state index contributed by atoms with van der Waals surface area (Å²) in [5, 5.41) is 3.22. The van der Waals surface area contributed by atoms with Crippen LogP contribution in [0.4, 0.5) is 0 Å². The van der Waals surface area contributed by atoms with Crippen molar-refractivity contribution in [1.82, 2.24) is 10.2 Å². The Balaban J connectivity index is 1.45. The van der Waals surface area contributed by atoms with Gasteiger partial charge in [-0.25, -0.2) is 0 Å². The fourth-order valence-corrected chi connectivity index (χ4v) is 4.91. The smallest absolute Gasteiger partial charge is 0.228 e. The Morgan fingerprint density at radius 1 is 1.13 bits per heavy atom. The molecule has 1 amide bonds. The Hall–Kier alpha value is -0.610. The molecular formula is C19H34N2O2. The molecule has 3 rings (SSSR count). The van der Waals surface area contributed by atoms with Gasteiger partial charge in [0, 0.05) is 25.7 Å². The molecule has 2 saturated carbocycles. The number of nitrogens with zero attached hydrogens (tertiary/aromatic N) is 1. The van der Waals surface area contributed by atoms with Gasteiger partial charge in [0.05, 0.1) is 12.0 Å². The number of hydrogen-bond donors (Lipinski definition) is 1. The Bertz CT molecular complexity index is 389. The number of nitrogens with one attached hydrogen (secondary N) is 1. The first kappa shape index (κ1) is 17.2. The van der Waals surface area contributed by atoms with Crippen LogP contribution < -0.4 is 5.32 Å². The van der Waals surface area contributed by atoms with Crippen LogP contribution in [0.3, 0.4) is 0 Å². The second kappa shape index (κ2) is 7.98. The number of likely N-dealkylation sites (tertiary alicyclic amines) is 1. The average molecular weight is 322 g/mol. The lowest BCUT2D eigenvalue weighted by Gasteiger charge is -2.41. The molecule has 1 saturated heterocycles. The molecule has 4 heteroatoms. The van der Waals surface area contributed by atoms with Crippen molar-refractivity contribution in [2.45, 2.75) is 82.7 Å². The zero-order valence-corrected chi connectivity index (χ0v) is 14.8. The van der Waals surface area contributed by atoms with E-state index in [1.165, 1.54) is 51.5 Å². The zero-order chi connectivity index (χ0) is 16.1. The topological polar surface area (TPSA) is 41.6 Å². The second-order valence-corrected chi connectivity index (χ2v) is 7.94. The number of hydrogen-bond acceptors (Lipinski definition) is 3. The van der Waals surface area contributed by atoms with E-state index in [0.717, 1.165) is 38.3 Å². The Kier molecular flexibility index (Phi) is 5.97. The molecular weight excluding hydrogens is 288 g/mol. The van der Waals surface area contributed by atoms with E-state index in [4.69, 9.17) is 4.74 Å². The Morgan fingerprint density at radius 3 is 2.52 bits per heavy atom. The molecule has 1 heterocycles. The van der Waals surface area contributed by atoms with E-state index in [1.807, 2.05) is 0 Å². The fourth-order valence-electron chi connectivity index (χ4n) is 4.91. The molecule has 4 nitrogen and oxygen atoms in total. The summed E-state index contributed by atoms with van der Waals surface area (Å²) < 4.78 is 5.28. The lowest BCUT2D eigenvalue weighted by Crippen LogP contribution is -2.50. The molecule has 0 aromatic heterocycles. The van der Waals surface area contributed by atoms with Crippen LogP contribution >= 0.6 is 0 Å². The third kappa shape index (κ3) is 3.90. The van der Waals surface area contributed by atoms with Crippen LogP contribution in [0.15, 0.2) is 0 Å². The molecule has 0 aromatic rings. The number of carbonyl (C=O) groups is 1. The predicted octanol–water partition coefficient (Wildman–Crippen LogP) is 3.11. The fraction of sp³-hybridized carbons (Fsp3) is 0.947. The van der Waals surface area contributed by atoms with E-state index in [2.05, 4.69) is 10.2 Å². The van der Waals surface area contributed by atoms with Crippen LogP contribution in [0.5, 0.6) is 0 Å². The summed E-state index contributed by atoms with van der Waals surface area (Å²) in [5.41, 5.74) is -0.216. The van der Waals surface area contributed by atoms with Gasteiger partial charge in [-0.2, -0.15) is 0 Å². The quantitative estimate of drug-likeness (QED) is 0.783. The van der Waals surface area contributed by atoms with Gasteiger partial charge in [-0.3, -0.25) is 9.69 Å². The molecule has 0 spiro atoms. The second-order valence-electron chi connectivity index (χ2n) is 7.94. The van der Waals surface area contributed by atoms with Crippen LogP contribution in [0.1, 0.15) is 70.6 Å². The summed E-state index contributed by atoms with van der Waals surface area (Å²) in [4.78, 5) is 15.3. The van der Waals surface area contributed by atoms with Gasteiger partial charge in [-0.05, 0) is 51.5 Å². The molecule has 3 fully saturated rings. The van der Waals surface area contributed by atoms with Gasteiger partial charge in [0.15, 0.2) is 0 Å². The van der Waals surface area contributed by atoms with Crippen LogP contribution in [0.25, 0.3) is 0 Å². The molecule has 1 atom stereocenters. The minimum absolute atomic E-state index is 0.216. The summed E-state index contributed by atoms with van der Waals surface area (Å²) in [5.74, 6) is 0.230. The monoisotopic (exact) mass is 322 g/mol. The van der Waals surface area contributed by atoms with Crippen LogP contribution in [-0.4, -0.2) is 49.7 Å². The number of piperidine rings is 1. The highest BCUT2D eigenvalue weighted by Crippen LogP contribution is 2.41. The van der Waals surface area contributed by atoms with E-state index in [0.29, 0.717) is 12.6 Å². The Labute approximate surface area is 141 Å². The number of ether oxygens (including phenoxy) is 1. The highest BCUT2D eigenvalue weighted by molar-refractivity contribution is 5.83. The first-order valence-corrected chi connectivity index (χ1v) is 9.78. The largest absolute Gasteiger partial charge is 0.384 e.